The number of carbonyl (C=O) groups excluding carboxylic acids is 1. The lowest BCUT2D eigenvalue weighted by molar-refractivity contribution is -0.112. The van der Waals surface area contributed by atoms with Gasteiger partial charge in [-0.15, -0.1) is 11.8 Å². The van der Waals surface area contributed by atoms with E-state index in [0.717, 1.165) is 4.90 Å². The van der Waals surface area contributed by atoms with Crippen molar-refractivity contribution < 1.29 is 4.79 Å². The normalized spacial score (nSPS) is 9.62. The van der Waals surface area contributed by atoms with Crippen LogP contribution in [0.2, 0.25) is 5.02 Å². The van der Waals surface area contributed by atoms with Crippen LogP contribution in [0.5, 0.6) is 0 Å². The van der Waals surface area contributed by atoms with Gasteiger partial charge in [-0.1, -0.05) is 30.3 Å². The van der Waals surface area contributed by atoms with Gasteiger partial charge in [0.1, 0.15) is 0 Å². The third kappa shape index (κ3) is 3.25. The highest BCUT2D eigenvalue weighted by molar-refractivity contribution is 8.00. The maximum Gasteiger partial charge on any atom is 0.165 e. The molecule has 3 heteroatoms. The van der Waals surface area contributed by atoms with Gasteiger partial charge in [-0.3, -0.25) is 4.79 Å². The van der Waals surface area contributed by atoms with Crippen LogP contribution in [-0.4, -0.2) is 11.5 Å². The van der Waals surface area contributed by atoms with E-state index in [0.29, 0.717) is 10.8 Å². The lowest BCUT2D eigenvalue weighted by Gasteiger charge is -2.00. The second kappa shape index (κ2) is 5.10. The number of thioether (sulfide) groups is 1. The molecule has 0 saturated heterocycles. The number of allylic oxidation sites excluding steroid dienone is 1. The molecule has 0 atom stereocenters. The molecular formula is C10H9ClOS. The number of halogens is 1. The molecular weight excluding hydrogens is 204 g/mol. The maximum atomic E-state index is 10.9. The van der Waals surface area contributed by atoms with E-state index in [-0.39, 0.29) is 5.78 Å². The molecule has 0 radical (unpaired) electrons. The van der Waals surface area contributed by atoms with Gasteiger partial charge in [0, 0.05) is 4.90 Å². The Bertz CT molecular complexity index is 322. The van der Waals surface area contributed by atoms with Crippen LogP contribution in [0, 0.1) is 0 Å². The van der Waals surface area contributed by atoms with Crippen LogP contribution in [-0.2, 0) is 4.79 Å². The van der Waals surface area contributed by atoms with Gasteiger partial charge in [-0.2, -0.15) is 0 Å². The smallest absolute Gasteiger partial charge is 0.165 e. The summed E-state index contributed by atoms with van der Waals surface area (Å²) in [4.78, 5) is 11.8. The van der Waals surface area contributed by atoms with Crippen LogP contribution < -0.4 is 0 Å². The first-order valence-corrected chi connectivity index (χ1v) is 5.13. The summed E-state index contributed by atoms with van der Waals surface area (Å²) in [5, 5.41) is 0.685. The van der Waals surface area contributed by atoms with E-state index in [1.807, 2.05) is 24.3 Å². The van der Waals surface area contributed by atoms with Gasteiger partial charge >= 0.3 is 0 Å². The average Bonchev–Trinajstić information content (AvgIpc) is 2.16. The fourth-order valence-corrected chi connectivity index (χ4v) is 1.87. The zero-order valence-corrected chi connectivity index (χ0v) is 8.57. The number of benzene rings is 1. The summed E-state index contributed by atoms with van der Waals surface area (Å²) in [6, 6.07) is 7.46. The number of rotatable bonds is 4. The first-order chi connectivity index (χ1) is 6.24. The van der Waals surface area contributed by atoms with Gasteiger partial charge in [-0.05, 0) is 18.2 Å². The third-order valence-electron chi connectivity index (χ3n) is 1.43. The fourth-order valence-electron chi connectivity index (χ4n) is 0.770. The predicted octanol–water partition coefficient (Wildman–Crippen LogP) is 3.19. The molecule has 1 nitrogen and oxygen atoms in total. The molecule has 1 aromatic carbocycles. The minimum Gasteiger partial charge on any atom is -0.294 e. The first-order valence-electron chi connectivity index (χ1n) is 3.76. The van der Waals surface area contributed by atoms with E-state index in [4.69, 9.17) is 11.6 Å². The summed E-state index contributed by atoms with van der Waals surface area (Å²) >= 11 is 7.32. The zero-order valence-electron chi connectivity index (χ0n) is 7.00. The van der Waals surface area contributed by atoms with Crippen molar-refractivity contribution in [1.82, 2.24) is 0 Å². The van der Waals surface area contributed by atoms with Crippen molar-refractivity contribution in [2.24, 2.45) is 0 Å². The second-order valence-electron chi connectivity index (χ2n) is 2.39. The number of ketones is 1. The molecule has 0 unspecified atom stereocenters. The van der Waals surface area contributed by atoms with E-state index >= 15 is 0 Å². The number of hydrogen-bond acceptors (Lipinski definition) is 2. The van der Waals surface area contributed by atoms with E-state index in [1.54, 1.807) is 0 Å². The minimum absolute atomic E-state index is 0.0184. The standard InChI is InChI=1S/C10H9ClOS/c1-2-8(12)7-13-10-6-4-3-5-9(10)11/h2-6H,1,7H2. The van der Waals surface area contributed by atoms with Gasteiger partial charge in [-0.25, -0.2) is 0 Å². The lowest BCUT2D eigenvalue weighted by atomic mass is 10.4. The molecule has 0 amide bonds. The monoisotopic (exact) mass is 212 g/mol. The van der Waals surface area contributed by atoms with Crippen LogP contribution in [0.15, 0.2) is 41.8 Å². The predicted molar refractivity (Wildman–Crippen MR) is 57.4 cm³/mol. The van der Waals surface area contributed by atoms with Crippen molar-refractivity contribution >= 4 is 29.1 Å². The molecule has 0 aromatic heterocycles. The first kappa shape index (κ1) is 10.4. The Morgan fingerprint density at radius 3 is 2.85 bits per heavy atom. The highest BCUT2D eigenvalue weighted by Gasteiger charge is 2.01. The van der Waals surface area contributed by atoms with Crippen LogP contribution >= 0.6 is 23.4 Å². The van der Waals surface area contributed by atoms with E-state index < -0.39 is 0 Å². The summed E-state index contributed by atoms with van der Waals surface area (Å²) in [6.45, 7) is 3.40. The highest BCUT2D eigenvalue weighted by atomic mass is 35.5. The van der Waals surface area contributed by atoms with Crippen molar-refractivity contribution in [3.05, 3.63) is 41.9 Å². The summed E-state index contributed by atoms with van der Waals surface area (Å²) in [5.74, 6) is 0.415. The Labute approximate surface area is 86.8 Å². The highest BCUT2D eigenvalue weighted by Crippen LogP contribution is 2.26. The van der Waals surface area contributed by atoms with Crippen molar-refractivity contribution in [2.75, 3.05) is 5.75 Å². The molecule has 0 heterocycles. The Kier molecular flexibility index (Phi) is 4.06. The molecule has 13 heavy (non-hydrogen) atoms. The summed E-state index contributed by atoms with van der Waals surface area (Å²) in [5.41, 5.74) is 0. The van der Waals surface area contributed by atoms with Gasteiger partial charge < -0.3 is 0 Å². The van der Waals surface area contributed by atoms with E-state index in [1.165, 1.54) is 17.8 Å². The second-order valence-corrected chi connectivity index (χ2v) is 3.81. The van der Waals surface area contributed by atoms with E-state index in [9.17, 15) is 4.79 Å². The van der Waals surface area contributed by atoms with Gasteiger partial charge in [0.15, 0.2) is 5.78 Å². The third-order valence-corrected chi connectivity index (χ3v) is 2.97. The van der Waals surface area contributed by atoms with Crippen LogP contribution in [0.25, 0.3) is 0 Å². The largest absolute Gasteiger partial charge is 0.294 e. The number of hydrogen-bond donors (Lipinski definition) is 0. The minimum atomic E-state index is 0.0184. The van der Waals surface area contributed by atoms with Crippen LogP contribution in [0.4, 0.5) is 0 Å². The molecule has 0 aliphatic carbocycles. The Morgan fingerprint density at radius 1 is 1.54 bits per heavy atom. The van der Waals surface area contributed by atoms with Gasteiger partial charge in [0.25, 0.3) is 0 Å². The molecule has 0 saturated carbocycles. The molecule has 0 aliphatic rings. The number of carbonyl (C=O) groups is 1. The maximum absolute atomic E-state index is 10.9. The van der Waals surface area contributed by atoms with Crippen LogP contribution in [0.3, 0.4) is 0 Å². The van der Waals surface area contributed by atoms with Gasteiger partial charge in [0.2, 0.25) is 0 Å². The molecule has 1 aromatic rings. The van der Waals surface area contributed by atoms with Crippen molar-refractivity contribution in [3.8, 4) is 0 Å². The molecule has 0 fully saturated rings. The zero-order chi connectivity index (χ0) is 9.68. The van der Waals surface area contributed by atoms with Crippen molar-refractivity contribution in [3.63, 3.8) is 0 Å². The van der Waals surface area contributed by atoms with Crippen molar-refractivity contribution in [2.45, 2.75) is 4.90 Å². The SMILES string of the molecule is C=CC(=O)CSc1ccccc1Cl. The molecule has 0 aliphatic heterocycles. The lowest BCUT2D eigenvalue weighted by Crippen LogP contribution is -1.94. The molecule has 0 bridgehead atoms. The Balaban J connectivity index is 2.59. The average molecular weight is 213 g/mol. The summed E-state index contributed by atoms with van der Waals surface area (Å²) in [6.07, 6.45) is 1.32. The molecule has 0 spiro atoms. The Hall–Kier alpha value is -0.730. The van der Waals surface area contributed by atoms with Crippen LogP contribution in [0.1, 0.15) is 0 Å². The molecule has 68 valence electrons. The quantitative estimate of drug-likeness (QED) is 0.563. The summed E-state index contributed by atoms with van der Waals surface area (Å²) < 4.78 is 0. The molecule has 1 rings (SSSR count). The van der Waals surface area contributed by atoms with Crippen molar-refractivity contribution in [1.29, 1.82) is 0 Å². The topological polar surface area (TPSA) is 17.1 Å². The van der Waals surface area contributed by atoms with E-state index in [2.05, 4.69) is 6.58 Å². The molecule has 0 N–H and O–H groups in total. The summed E-state index contributed by atoms with van der Waals surface area (Å²) in [7, 11) is 0. The fraction of sp³-hybridized carbons (Fsp3) is 0.100. The Morgan fingerprint density at radius 2 is 2.23 bits per heavy atom. The van der Waals surface area contributed by atoms with Gasteiger partial charge in [0.05, 0.1) is 10.8 Å².